The highest BCUT2D eigenvalue weighted by Gasteiger charge is 2.11. The SMILES string of the molecule is COCCSc1nc2c(cnn2-c2cccc(C)c2)c(=O)[nH]1. The van der Waals surface area contributed by atoms with Gasteiger partial charge in [0.2, 0.25) is 0 Å². The Bertz CT molecular complexity index is 856. The van der Waals surface area contributed by atoms with Crippen LogP contribution in [0.15, 0.2) is 40.4 Å². The maximum atomic E-state index is 12.2. The van der Waals surface area contributed by atoms with Crippen LogP contribution in [0, 0.1) is 6.92 Å². The number of hydrogen-bond donors (Lipinski definition) is 1. The molecule has 114 valence electrons. The van der Waals surface area contributed by atoms with Crippen LogP contribution >= 0.6 is 11.8 Å². The molecule has 0 atom stereocenters. The first-order chi connectivity index (χ1) is 10.7. The van der Waals surface area contributed by atoms with Crippen molar-refractivity contribution in [2.45, 2.75) is 12.1 Å². The van der Waals surface area contributed by atoms with Gasteiger partial charge in [-0.15, -0.1) is 0 Å². The summed E-state index contributed by atoms with van der Waals surface area (Å²) in [6.45, 7) is 2.62. The topological polar surface area (TPSA) is 72.8 Å². The van der Waals surface area contributed by atoms with Crippen LogP contribution in [-0.2, 0) is 4.74 Å². The highest BCUT2D eigenvalue weighted by atomic mass is 32.2. The molecule has 3 rings (SSSR count). The molecule has 3 aromatic rings. The summed E-state index contributed by atoms with van der Waals surface area (Å²) in [7, 11) is 1.65. The number of hydrogen-bond acceptors (Lipinski definition) is 5. The van der Waals surface area contributed by atoms with Crippen LogP contribution in [-0.4, -0.2) is 39.2 Å². The summed E-state index contributed by atoms with van der Waals surface area (Å²) in [6.07, 6.45) is 1.55. The zero-order valence-electron chi connectivity index (χ0n) is 12.4. The van der Waals surface area contributed by atoms with Crippen LogP contribution in [0.2, 0.25) is 0 Å². The number of aromatic nitrogens is 4. The zero-order valence-corrected chi connectivity index (χ0v) is 13.2. The van der Waals surface area contributed by atoms with E-state index in [1.807, 2.05) is 31.2 Å². The molecule has 6 nitrogen and oxygen atoms in total. The summed E-state index contributed by atoms with van der Waals surface area (Å²) in [6, 6.07) is 7.92. The second-order valence-corrected chi connectivity index (χ2v) is 5.93. The van der Waals surface area contributed by atoms with E-state index in [0.29, 0.717) is 22.8 Å². The number of benzene rings is 1. The number of rotatable bonds is 5. The summed E-state index contributed by atoms with van der Waals surface area (Å²) in [5.74, 6) is 0.726. The van der Waals surface area contributed by atoms with Gasteiger partial charge in [-0.25, -0.2) is 9.67 Å². The van der Waals surface area contributed by atoms with Gasteiger partial charge in [-0.3, -0.25) is 4.79 Å². The lowest BCUT2D eigenvalue weighted by molar-refractivity contribution is 0.218. The molecule has 0 aliphatic rings. The molecule has 0 radical (unpaired) electrons. The Morgan fingerprint density at radius 2 is 2.27 bits per heavy atom. The minimum Gasteiger partial charge on any atom is -0.384 e. The summed E-state index contributed by atoms with van der Waals surface area (Å²) < 4.78 is 6.71. The van der Waals surface area contributed by atoms with Gasteiger partial charge < -0.3 is 9.72 Å². The molecular formula is C15H16N4O2S. The number of aryl methyl sites for hydroxylation is 1. The van der Waals surface area contributed by atoms with E-state index in [1.54, 1.807) is 18.0 Å². The maximum Gasteiger partial charge on any atom is 0.262 e. The largest absolute Gasteiger partial charge is 0.384 e. The van der Waals surface area contributed by atoms with Crippen molar-refractivity contribution in [3.05, 3.63) is 46.4 Å². The van der Waals surface area contributed by atoms with Crippen molar-refractivity contribution >= 4 is 22.8 Å². The normalized spacial score (nSPS) is 11.2. The van der Waals surface area contributed by atoms with Gasteiger partial charge in [-0.05, 0) is 24.6 Å². The number of fused-ring (bicyclic) bond motifs is 1. The van der Waals surface area contributed by atoms with Crippen LogP contribution in [0.4, 0.5) is 0 Å². The summed E-state index contributed by atoms with van der Waals surface area (Å²) in [4.78, 5) is 19.4. The van der Waals surface area contributed by atoms with Crippen molar-refractivity contribution in [1.29, 1.82) is 0 Å². The average Bonchev–Trinajstić information content (AvgIpc) is 2.92. The first-order valence-electron chi connectivity index (χ1n) is 6.86. The molecule has 0 spiro atoms. The predicted octanol–water partition coefficient (Wildman–Crippen LogP) is 2.16. The lowest BCUT2D eigenvalue weighted by atomic mass is 10.2. The predicted molar refractivity (Wildman–Crippen MR) is 86.8 cm³/mol. The highest BCUT2D eigenvalue weighted by molar-refractivity contribution is 7.99. The Kier molecular flexibility index (Phi) is 4.26. The third-order valence-electron chi connectivity index (χ3n) is 3.19. The van der Waals surface area contributed by atoms with Gasteiger partial charge in [0.1, 0.15) is 5.39 Å². The fourth-order valence-electron chi connectivity index (χ4n) is 2.14. The molecule has 0 bridgehead atoms. The fourth-order valence-corrected chi connectivity index (χ4v) is 2.90. The highest BCUT2D eigenvalue weighted by Crippen LogP contribution is 2.18. The van der Waals surface area contributed by atoms with Crippen LogP contribution in [0.1, 0.15) is 5.56 Å². The number of ether oxygens (including phenoxy) is 1. The summed E-state index contributed by atoms with van der Waals surface area (Å²) >= 11 is 1.45. The summed E-state index contributed by atoms with van der Waals surface area (Å²) in [5.41, 5.74) is 2.40. The molecule has 0 saturated heterocycles. The molecule has 0 aliphatic heterocycles. The first kappa shape index (κ1) is 14.8. The number of aromatic amines is 1. The van der Waals surface area contributed by atoms with Gasteiger partial charge in [0.05, 0.1) is 18.5 Å². The van der Waals surface area contributed by atoms with Crippen LogP contribution < -0.4 is 5.56 Å². The second kappa shape index (κ2) is 6.33. The number of thioether (sulfide) groups is 1. The molecule has 7 heteroatoms. The smallest absolute Gasteiger partial charge is 0.262 e. The molecule has 0 fully saturated rings. The van der Waals surface area contributed by atoms with Crippen LogP contribution in [0.25, 0.3) is 16.7 Å². The minimum absolute atomic E-state index is 0.177. The van der Waals surface area contributed by atoms with Crippen LogP contribution in [0.5, 0.6) is 0 Å². The van der Waals surface area contributed by atoms with E-state index in [2.05, 4.69) is 15.1 Å². The molecule has 2 heterocycles. The Morgan fingerprint density at radius 3 is 3.05 bits per heavy atom. The van der Waals surface area contributed by atoms with E-state index < -0.39 is 0 Å². The van der Waals surface area contributed by atoms with Gasteiger partial charge >= 0.3 is 0 Å². The monoisotopic (exact) mass is 316 g/mol. The van der Waals surface area contributed by atoms with Crippen molar-refractivity contribution in [2.75, 3.05) is 19.5 Å². The molecular weight excluding hydrogens is 300 g/mol. The van der Waals surface area contributed by atoms with E-state index in [1.165, 1.54) is 11.8 Å². The fraction of sp³-hybridized carbons (Fsp3) is 0.267. The van der Waals surface area contributed by atoms with Crippen molar-refractivity contribution in [3.63, 3.8) is 0 Å². The van der Waals surface area contributed by atoms with E-state index in [9.17, 15) is 4.79 Å². The number of H-pyrrole nitrogens is 1. The molecule has 2 aromatic heterocycles. The number of nitrogens with zero attached hydrogens (tertiary/aromatic N) is 3. The minimum atomic E-state index is -0.177. The van der Waals surface area contributed by atoms with E-state index in [-0.39, 0.29) is 5.56 Å². The molecule has 1 N–H and O–H groups in total. The van der Waals surface area contributed by atoms with Crippen molar-refractivity contribution in [1.82, 2.24) is 19.7 Å². The van der Waals surface area contributed by atoms with E-state index >= 15 is 0 Å². The third kappa shape index (κ3) is 2.90. The van der Waals surface area contributed by atoms with Gasteiger partial charge in [0, 0.05) is 12.9 Å². The van der Waals surface area contributed by atoms with E-state index in [4.69, 9.17) is 4.74 Å². The molecule has 1 aromatic carbocycles. The Balaban J connectivity index is 2.06. The van der Waals surface area contributed by atoms with Crippen molar-refractivity contribution in [3.8, 4) is 5.69 Å². The van der Waals surface area contributed by atoms with E-state index in [0.717, 1.165) is 17.0 Å². The van der Waals surface area contributed by atoms with Crippen molar-refractivity contribution < 1.29 is 4.74 Å². The molecule has 0 saturated carbocycles. The average molecular weight is 316 g/mol. The number of nitrogens with one attached hydrogen (secondary N) is 1. The van der Waals surface area contributed by atoms with Gasteiger partial charge in [-0.2, -0.15) is 5.10 Å². The van der Waals surface area contributed by atoms with Crippen LogP contribution in [0.3, 0.4) is 0 Å². The third-order valence-corrected chi connectivity index (χ3v) is 4.03. The zero-order chi connectivity index (χ0) is 15.5. The molecule has 0 aliphatic carbocycles. The summed E-state index contributed by atoms with van der Waals surface area (Å²) in [5, 5.41) is 5.36. The molecule has 22 heavy (non-hydrogen) atoms. The molecule has 0 unspecified atom stereocenters. The number of methoxy groups -OCH3 is 1. The lowest BCUT2D eigenvalue weighted by Gasteiger charge is -2.05. The Hall–Kier alpha value is -2.12. The second-order valence-electron chi connectivity index (χ2n) is 4.84. The quantitative estimate of drug-likeness (QED) is 0.443. The maximum absolute atomic E-state index is 12.2. The Morgan fingerprint density at radius 1 is 1.41 bits per heavy atom. The van der Waals surface area contributed by atoms with Gasteiger partial charge in [0.15, 0.2) is 10.8 Å². The molecule has 0 amide bonds. The Labute approximate surface area is 131 Å². The lowest BCUT2D eigenvalue weighted by Crippen LogP contribution is -2.10. The standard InChI is InChI=1S/C15H16N4O2S/c1-10-4-3-5-11(8-10)19-13-12(9-16-19)14(20)18-15(17-13)22-7-6-21-2/h3-5,8-9H,6-7H2,1-2H3,(H,17,18,20). The first-order valence-corrected chi connectivity index (χ1v) is 7.84. The van der Waals surface area contributed by atoms with Crippen molar-refractivity contribution in [2.24, 2.45) is 0 Å². The van der Waals surface area contributed by atoms with Gasteiger partial charge in [0.25, 0.3) is 5.56 Å². The van der Waals surface area contributed by atoms with Gasteiger partial charge in [-0.1, -0.05) is 23.9 Å².